The smallest absolute Gasteiger partial charge is 0.354 e. The fourth-order valence-corrected chi connectivity index (χ4v) is 8.07. The van der Waals surface area contributed by atoms with Crippen molar-refractivity contribution in [2.75, 3.05) is 0 Å². The first-order valence-electron chi connectivity index (χ1n) is 19.5. The zero-order valence-corrected chi connectivity index (χ0v) is 33.8. The van der Waals surface area contributed by atoms with Crippen LogP contribution in [0.1, 0.15) is 28.3 Å². The molecular weight excluding hydrogens is 884 g/mol. The van der Waals surface area contributed by atoms with Gasteiger partial charge in [0.25, 0.3) is 0 Å². The van der Waals surface area contributed by atoms with Crippen molar-refractivity contribution in [3.8, 4) is 44.5 Å². The Hall–Kier alpha value is -7.24. The van der Waals surface area contributed by atoms with Gasteiger partial charge in [-0.3, -0.25) is 0 Å². The largest absolute Gasteiger partial charge is 0.464 e. The Labute approximate surface area is 363 Å². The third-order valence-corrected chi connectivity index (χ3v) is 11.6. The van der Waals surface area contributed by atoms with Gasteiger partial charge in [0.15, 0.2) is 0 Å². The van der Waals surface area contributed by atoms with E-state index in [0.29, 0.717) is 45.2 Å². The van der Waals surface area contributed by atoms with Crippen molar-refractivity contribution in [1.82, 2.24) is 19.9 Å². The van der Waals surface area contributed by atoms with Crippen molar-refractivity contribution >= 4 is 56.6 Å². The lowest BCUT2D eigenvalue weighted by Gasteiger charge is -2.31. The Kier molecular flexibility index (Phi) is 10.4. The van der Waals surface area contributed by atoms with Crippen molar-refractivity contribution < 1.29 is 52.2 Å². The van der Waals surface area contributed by atoms with Crippen molar-refractivity contribution in [2.24, 2.45) is 0 Å². The first kappa shape index (κ1) is 43.0. The monoisotopic (exact) mass is 912 g/mol. The third kappa shape index (κ3) is 7.49. The van der Waals surface area contributed by atoms with Crippen LogP contribution in [0, 0.1) is 0 Å². The minimum Gasteiger partial charge on any atom is -0.354 e. The maximum Gasteiger partial charge on any atom is 0.464 e. The molecule has 0 saturated heterocycles. The second kappa shape index (κ2) is 15.8. The number of nitrogens with zero attached hydrogens (tertiary/aromatic N) is 2. The van der Waals surface area contributed by atoms with E-state index in [1.165, 1.54) is 30.3 Å². The summed E-state index contributed by atoms with van der Waals surface area (Å²) in [6, 6.07) is 37.5. The molecule has 3 aromatic heterocycles. The van der Waals surface area contributed by atoms with Crippen LogP contribution in [0.15, 0.2) is 140 Å². The number of benzene rings is 4. The maximum atomic E-state index is 16.9. The number of aromatic nitrogens is 4. The van der Waals surface area contributed by atoms with Crippen LogP contribution in [-0.4, -0.2) is 45.8 Å². The van der Waals surface area contributed by atoms with E-state index in [4.69, 9.17) is 9.97 Å². The first-order chi connectivity index (χ1) is 30.9. The summed E-state index contributed by atoms with van der Waals surface area (Å²) in [6.07, 6.45) is -7.08. The number of H-pyrrole nitrogens is 2. The van der Waals surface area contributed by atoms with Crippen LogP contribution in [0.3, 0.4) is 0 Å². The average molecular weight is 913 g/mol. The second-order valence-corrected chi connectivity index (χ2v) is 16.2. The molecule has 17 heteroatoms. The summed E-state index contributed by atoms with van der Waals surface area (Å²) < 4.78 is 161. The molecule has 7 aromatic rings. The number of hydrogen-bond acceptors (Lipinski definition) is 5. The number of hydrogen-bond donors (Lipinski definition) is 2. The number of ether oxygens (including phenoxy) is 1. The molecule has 0 spiro atoms. The molecular formula is C48H29F9N4O3S. The third-order valence-electron chi connectivity index (χ3n) is 10.7. The molecule has 0 radical (unpaired) electrons. The molecule has 8 bridgehead atoms. The van der Waals surface area contributed by atoms with Crippen molar-refractivity contribution in [3.63, 3.8) is 0 Å². The van der Waals surface area contributed by atoms with Gasteiger partial charge in [-0.25, -0.2) is 14.7 Å². The van der Waals surface area contributed by atoms with Gasteiger partial charge in [-0.15, -0.1) is 0 Å². The number of aromatic amines is 2. The van der Waals surface area contributed by atoms with E-state index in [-0.39, 0.29) is 39.1 Å². The minimum atomic E-state index is -7.68. The van der Waals surface area contributed by atoms with Gasteiger partial charge in [-0.1, -0.05) is 125 Å². The maximum absolute atomic E-state index is 16.9. The zero-order valence-electron chi connectivity index (χ0n) is 33.0. The molecule has 65 heavy (non-hydrogen) atoms. The molecule has 2 N–H and O–H groups in total. The van der Waals surface area contributed by atoms with E-state index in [1.54, 1.807) is 91.0 Å². The summed E-state index contributed by atoms with van der Waals surface area (Å²) in [5, 5.41) is -7.01. The molecule has 5 heterocycles. The van der Waals surface area contributed by atoms with Gasteiger partial charge in [0, 0.05) is 38.8 Å². The standard InChI is InChI=1S/C48H29F9N4O3S/c49-45(50,46(51,52)64-47(53,54)48(55,56)65(57,62)63)32-27-39-42(30-17-9-3-10-18-30)37-24-23-35(59-37)40(28-13-5-1-6-14-28)33-21-22-34(58-33)41(29-15-7-2-8-16-29)36-25-26-38(60-36)43(44(32)61-39)31-19-11-4-12-20-31/h1-27,59,61H. The van der Waals surface area contributed by atoms with E-state index in [2.05, 4.69) is 14.7 Å². The molecule has 0 atom stereocenters. The van der Waals surface area contributed by atoms with Gasteiger partial charge in [-0.2, -0.15) is 43.5 Å². The topological polar surface area (TPSA) is 101 Å². The van der Waals surface area contributed by atoms with E-state index in [0.717, 1.165) is 5.56 Å². The molecule has 0 unspecified atom stereocenters. The molecule has 4 aromatic carbocycles. The molecule has 2 aliphatic heterocycles. The van der Waals surface area contributed by atoms with Crippen molar-refractivity contribution in [3.05, 3.63) is 168 Å². The number of fused-ring (bicyclic) bond motifs is 8. The zero-order chi connectivity index (χ0) is 45.9. The lowest BCUT2D eigenvalue weighted by atomic mass is 9.99. The van der Waals surface area contributed by atoms with E-state index in [1.807, 2.05) is 36.4 Å². The molecule has 9 rings (SSSR count). The summed E-state index contributed by atoms with van der Waals surface area (Å²) in [6.45, 7) is 0. The minimum absolute atomic E-state index is 0.0868. The molecule has 7 nitrogen and oxygen atoms in total. The molecule has 2 aliphatic rings. The van der Waals surface area contributed by atoms with Crippen LogP contribution in [0.25, 0.3) is 90.9 Å². The fourth-order valence-electron chi connectivity index (χ4n) is 7.75. The predicted molar refractivity (Wildman–Crippen MR) is 230 cm³/mol. The highest BCUT2D eigenvalue weighted by atomic mass is 32.3. The van der Waals surface area contributed by atoms with Crippen molar-refractivity contribution in [2.45, 2.75) is 23.4 Å². The van der Waals surface area contributed by atoms with Crippen LogP contribution < -0.4 is 0 Å². The molecule has 0 amide bonds. The van der Waals surface area contributed by atoms with Gasteiger partial charge in [-0.05, 0) is 64.8 Å². The molecule has 0 aliphatic carbocycles. The molecule has 0 saturated carbocycles. The van der Waals surface area contributed by atoms with Gasteiger partial charge < -0.3 is 9.97 Å². The SMILES string of the molecule is O=S(=O)(F)C(F)(F)C(F)(F)OC(F)(F)C(F)(F)c1cc2[nH]c1c(-c1ccccc1)c1nc(c(-c3ccccc3)c3nc(c(-c4ccccc4)c4ccc([nH]4)c2-c2ccccc2)C=C3)C=C1. The van der Waals surface area contributed by atoms with Crippen molar-refractivity contribution in [1.29, 1.82) is 0 Å². The van der Waals surface area contributed by atoms with Crippen LogP contribution in [-0.2, 0) is 20.9 Å². The summed E-state index contributed by atoms with van der Waals surface area (Å²) in [7, 11) is -7.68. The molecule has 328 valence electrons. The van der Waals surface area contributed by atoms with Crippen LogP contribution in [0.2, 0.25) is 0 Å². The van der Waals surface area contributed by atoms with E-state index < -0.39 is 44.7 Å². The van der Waals surface area contributed by atoms with Gasteiger partial charge in [0.2, 0.25) is 0 Å². The van der Waals surface area contributed by atoms with Gasteiger partial charge >= 0.3 is 33.6 Å². The second-order valence-electron chi connectivity index (χ2n) is 14.8. The Morgan fingerprint density at radius 2 is 0.831 bits per heavy atom. The number of nitrogens with one attached hydrogen (secondary N) is 2. The molecule has 0 fully saturated rings. The Morgan fingerprint density at radius 1 is 0.446 bits per heavy atom. The summed E-state index contributed by atoms with van der Waals surface area (Å²) in [5.41, 5.74) is 1.56. The quantitative estimate of drug-likeness (QED) is 0.105. The lowest BCUT2D eigenvalue weighted by molar-refractivity contribution is -0.459. The highest BCUT2D eigenvalue weighted by molar-refractivity contribution is 7.87. The predicted octanol–water partition coefficient (Wildman–Crippen LogP) is 13.5. The fraction of sp³-hybridized carbons (Fsp3) is 0.0833. The summed E-state index contributed by atoms with van der Waals surface area (Å²) in [5.74, 6) is -6.01. The summed E-state index contributed by atoms with van der Waals surface area (Å²) >= 11 is 0. The number of halogens is 9. The van der Waals surface area contributed by atoms with E-state index in [9.17, 15) is 29.9 Å². The summed E-state index contributed by atoms with van der Waals surface area (Å²) in [4.78, 5) is 16.1. The van der Waals surface area contributed by atoms with Crippen LogP contribution >= 0.6 is 0 Å². The number of rotatable bonds is 10. The highest BCUT2D eigenvalue weighted by Gasteiger charge is 2.75. The number of alkyl halides is 8. The Balaban J connectivity index is 1.48. The van der Waals surface area contributed by atoms with Crippen LogP contribution in [0.5, 0.6) is 0 Å². The van der Waals surface area contributed by atoms with Crippen LogP contribution in [0.4, 0.5) is 39.0 Å². The highest BCUT2D eigenvalue weighted by Crippen LogP contribution is 2.53. The average Bonchev–Trinajstić information content (AvgIpc) is 4.12. The van der Waals surface area contributed by atoms with Gasteiger partial charge in [0.05, 0.1) is 33.9 Å². The Bertz CT molecular complexity index is 3320. The first-order valence-corrected chi connectivity index (χ1v) is 20.8. The Morgan fingerprint density at radius 3 is 1.29 bits per heavy atom. The van der Waals surface area contributed by atoms with E-state index >= 15 is 17.6 Å². The normalized spacial score (nSPS) is 13.4. The lowest BCUT2D eigenvalue weighted by Crippen LogP contribution is -2.54. The van der Waals surface area contributed by atoms with Gasteiger partial charge in [0.1, 0.15) is 0 Å².